The van der Waals surface area contributed by atoms with Gasteiger partial charge in [0, 0.05) is 17.5 Å². The number of benzene rings is 2. The van der Waals surface area contributed by atoms with Gasteiger partial charge in [-0.25, -0.2) is 13.2 Å². The van der Waals surface area contributed by atoms with Crippen LogP contribution in [0.4, 0.5) is 0 Å². The Balaban J connectivity index is 1.58. The van der Waals surface area contributed by atoms with Gasteiger partial charge in [-0.15, -0.1) is 0 Å². The van der Waals surface area contributed by atoms with Gasteiger partial charge in [-0.2, -0.15) is 9.82 Å². The average Bonchev–Trinajstić information content (AvgIpc) is 3.36. The van der Waals surface area contributed by atoms with E-state index < -0.39 is 27.6 Å². The van der Waals surface area contributed by atoms with Gasteiger partial charge in [0.2, 0.25) is 15.7 Å². The fourth-order valence-corrected chi connectivity index (χ4v) is 6.34. The molecule has 1 aromatic heterocycles. The number of sulfonamides is 1. The quantitative estimate of drug-likeness (QED) is 0.129. The van der Waals surface area contributed by atoms with Crippen LogP contribution in [-0.4, -0.2) is 60.6 Å². The molecule has 1 aliphatic heterocycles. The lowest BCUT2D eigenvalue weighted by Crippen LogP contribution is -2.65. The molecule has 0 spiro atoms. The molecular formula is C26H33N7O5S. The number of aryl methyl sites for hydroxylation is 2. The van der Waals surface area contributed by atoms with Crippen LogP contribution in [-0.2, 0) is 14.8 Å². The van der Waals surface area contributed by atoms with Gasteiger partial charge in [0.1, 0.15) is 6.29 Å². The van der Waals surface area contributed by atoms with E-state index in [9.17, 15) is 23.1 Å². The maximum absolute atomic E-state index is 13.6. The predicted octanol–water partition coefficient (Wildman–Crippen LogP) is 1.42. The fourth-order valence-electron chi connectivity index (χ4n) is 4.56. The van der Waals surface area contributed by atoms with Crippen molar-refractivity contribution >= 4 is 32.8 Å². The molecule has 2 unspecified atom stereocenters. The van der Waals surface area contributed by atoms with Crippen molar-refractivity contribution in [2.45, 2.75) is 50.0 Å². The summed E-state index contributed by atoms with van der Waals surface area (Å²) in [6.07, 6.45) is 5.84. The first-order valence-corrected chi connectivity index (χ1v) is 14.1. The highest BCUT2D eigenvalue weighted by atomic mass is 32.2. The Morgan fingerprint density at radius 2 is 1.92 bits per heavy atom. The van der Waals surface area contributed by atoms with Crippen LogP contribution in [0.2, 0.25) is 0 Å². The molecule has 12 nitrogen and oxygen atoms in total. The minimum Gasteiger partial charge on any atom is -0.478 e. The van der Waals surface area contributed by atoms with E-state index in [2.05, 4.69) is 36.2 Å². The molecule has 39 heavy (non-hydrogen) atoms. The molecule has 1 aliphatic rings. The normalized spacial score (nSPS) is 16.9. The van der Waals surface area contributed by atoms with Gasteiger partial charge in [-0.3, -0.25) is 20.5 Å². The summed E-state index contributed by atoms with van der Waals surface area (Å²) in [5, 5.41) is 29.8. The van der Waals surface area contributed by atoms with Gasteiger partial charge in [0.05, 0.1) is 16.6 Å². The van der Waals surface area contributed by atoms with Crippen molar-refractivity contribution in [1.29, 1.82) is 0 Å². The molecule has 2 aromatic carbocycles. The van der Waals surface area contributed by atoms with Crippen LogP contribution in [0.3, 0.4) is 0 Å². The van der Waals surface area contributed by atoms with Crippen molar-refractivity contribution < 1.29 is 23.1 Å². The Hall–Kier alpha value is -3.78. The Morgan fingerprint density at radius 3 is 2.62 bits per heavy atom. The second kappa shape index (κ2) is 11.9. The van der Waals surface area contributed by atoms with E-state index in [0.29, 0.717) is 48.0 Å². The number of fused-ring (bicyclic) bond motifs is 1. The predicted molar refractivity (Wildman–Crippen MR) is 146 cm³/mol. The number of nitrogens with zero attached hydrogens (tertiary/aromatic N) is 1. The molecule has 0 fully saturated rings. The zero-order valence-electron chi connectivity index (χ0n) is 21.7. The van der Waals surface area contributed by atoms with Crippen LogP contribution in [0.15, 0.2) is 59.8 Å². The molecule has 4 rings (SSSR count). The fraction of sp³-hybridized carbons (Fsp3) is 0.346. The highest BCUT2D eigenvalue weighted by Gasteiger charge is 2.44. The van der Waals surface area contributed by atoms with Crippen molar-refractivity contribution in [3.8, 4) is 0 Å². The Labute approximate surface area is 226 Å². The van der Waals surface area contributed by atoms with Crippen LogP contribution in [0.25, 0.3) is 10.9 Å². The maximum Gasteiger partial charge on any atom is 0.345 e. The molecule has 2 heterocycles. The lowest BCUT2D eigenvalue weighted by molar-refractivity contribution is -0.145. The molecule has 208 valence electrons. The van der Waals surface area contributed by atoms with Crippen LogP contribution < -0.4 is 26.0 Å². The monoisotopic (exact) mass is 555 g/mol. The molecule has 0 radical (unpaired) electrons. The second-order valence-corrected chi connectivity index (χ2v) is 11.1. The summed E-state index contributed by atoms with van der Waals surface area (Å²) < 4.78 is 29.5. The largest absolute Gasteiger partial charge is 0.478 e. The van der Waals surface area contributed by atoms with E-state index >= 15 is 0 Å². The number of aliphatic carboxylic acids is 1. The minimum atomic E-state index is -4.34. The third-order valence-corrected chi connectivity index (χ3v) is 8.33. The molecule has 0 bridgehead atoms. The van der Waals surface area contributed by atoms with Crippen LogP contribution in [0.5, 0.6) is 0 Å². The number of carbonyl (C=O) groups is 2. The average molecular weight is 556 g/mol. The number of nitrogens with one attached hydrogen (secondary N) is 6. The van der Waals surface area contributed by atoms with E-state index in [0.717, 1.165) is 0 Å². The number of H-pyrrole nitrogens is 1. The molecule has 1 amide bonds. The van der Waals surface area contributed by atoms with E-state index in [1.807, 2.05) is 12.3 Å². The third kappa shape index (κ3) is 6.63. The highest BCUT2D eigenvalue weighted by Crippen LogP contribution is 2.24. The van der Waals surface area contributed by atoms with Crippen LogP contribution in [0.1, 0.15) is 40.7 Å². The van der Waals surface area contributed by atoms with Gasteiger partial charge in [0.15, 0.2) is 0 Å². The van der Waals surface area contributed by atoms with Crippen molar-refractivity contribution in [3.63, 3.8) is 0 Å². The van der Waals surface area contributed by atoms with Crippen LogP contribution in [0, 0.1) is 13.8 Å². The van der Waals surface area contributed by atoms with Gasteiger partial charge in [-0.05, 0) is 75.2 Å². The van der Waals surface area contributed by atoms with Gasteiger partial charge in [-0.1, -0.05) is 24.3 Å². The zero-order valence-corrected chi connectivity index (χ0v) is 22.6. The van der Waals surface area contributed by atoms with Gasteiger partial charge >= 0.3 is 5.97 Å². The first-order chi connectivity index (χ1) is 18.6. The summed E-state index contributed by atoms with van der Waals surface area (Å²) in [6, 6.07) is 9.72. The molecule has 0 saturated carbocycles. The van der Waals surface area contributed by atoms with E-state index in [1.165, 1.54) is 6.07 Å². The Bertz CT molecular complexity index is 1470. The van der Waals surface area contributed by atoms with E-state index in [4.69, 9.17) is 0 Å². The summed E-state index contributed by atoms with van der Waals surface area (Å²) in [7, 11) is -4.34. The molecule has 0 saturated heterocycles. The summed E-state index contributed by atoms with van der Waals surface area (Å²) in [5.74, 6) is -2.24. The van der Waals surface area contributed by atoms with Gasteiger partial charge in [0.25, 0.3) is 5.91 Å². The number of aromatic amines is 1. The summed E-state index contributed by atoms with van der Waals surface area (Å²) in [5.41, 5.74) is -0.490. The van der Waals surface area contributed by atoms with Crippen molar-refractivity contribution in [1.82, 2.24) is 36.2 Å². The minimum absolute atomic E-state index is 0.0196. The number of amides is 1. The number of unbranched alkanes of at least 4 members (excludes halogenated alkanes) is 1. The van der Waals surface area contributed by atoms with E-state index in [1.54, 1.807) is 50.4 Å². The molecule has 2 atom stereocenters. The molecule has 13 heteroatoms. The first kappa shape index (κ1) is 28.2. The van der Waals surface area contributed by atoms with Crippen molar-refractivity contribution in [2.75, 3.05) is 13.1 Å². The molecule has 7 N–H and O–H groups in total. The van der Waals surface area contributed by atoms with Gasteiger partial charge < -0.3 is 15.7 Å². The Morgan fingerprint density at radius 1 is 1.15 bits per heavy atom. The lowest BCUT2D eigenvalue weighted by atomic mass is 10.0. The highest BCUT2D eigenvalue weighted by molar-refractivity contribution is 7.89. The first-order valence-electron chi connectivity index (χ1n) is 12.6. The van der Waals surface area contributed by atoms with E-state index in [-0.39, 0.29) is 23.2 Å². The number of hydrogen-bond acceptors (Lipinski definition) is 8. The number of hydrogen-bond donors (Lipinski definition) is 7. The van der Waals surface area contributed by atoms with Crippen molar-refractivity contribution in [2.24, 2.45) is 0 Å². The lowest BCUT2D eigenvalue weighted by Gasteiger charge is -2.32. The zero-order chi connectivity index (χ0) is 28.0. The number of carbonyl (C=O) groups excluding carboxylic acids is 1. The van der Waals surface area contributed by atoms with Crippen LogP contribution >= 0.6 is 0 Å². The third-order valence-electron chi connectivity index (χ3n) is 6.53. The second-order valence-electron chi connectivity index (χ2n) is 9.48. The molecule has 0 aliphatic carbocycles. The smallest absolute Gasteiger partial charge is 0.345 e. The number of aromatic nitrogens is 2. The summed E-state index contributed by atoms with van der Waals surface area (Å²) in [6.45, 7) is 4.51. The molecular weight excluding hydrogens is 522 g/mol. The maximum atomic E-state index is 13.6. The van der Waals surface area contributed by atoms with Crippen molar-refractivity contribution in [3.05, 3.63) is 71.6 Å². The molecule has 3 aromatic rings. The topological polar surface area (TPSA) is 177 Å². The summed E-state index contributed by atoms with van der Waals surface area (Å²) >= 11 is 0. The summed E-state index contributed by atoms with van der Waals surface area (Å²) in [4.78, 5) is 26.0. The number of carboxylic acids is 1. The standard InChI is InChI=1S/C26H33N7O5S/c1-17-7-5-8-18(2)22(17)39(37,38)33-26(24(35)36,11-3-4-12-27-25-28-13-6-14-29-25)31-23(34)19-9-10-21-20(15-19)16-30-32-21/h5-10,13,15-16,25,27-29,33H,3-4,11-12,14H2,1-2H3,(H,30,32)(H,31,34)(H,35,36). The number of rotatable bonds is 12. The Kier molecular flexibility index (Phi) is 8.65. The number of carboxylic acid groups (broad SMARTS) is 1. The SMILES string of the molecule is Cc1cccc(C)c1S(=O)(=O)NC(CCCCNC1NC=CCN1)(NC(=O)c1ccc2[nH]ncc2c1)C(=O)O.